The average molecular weight is 332 g/mol. The molecular formula is C13H16BrClN2O. The van der Waals surface area contributed by atoms with Crippen molar-refractivity contribution >= 4 is 33.4 Å². The van der Waals surface area contributed by atoms with Gasteiger partial charge in [0.25, 0.3) is 0 Å². The van der Waals surface area contributed by atoms with E-state index in [-0.39, 0.29) is 24.0 Å². The van der Waals surface area contributed by atoms with Crippen LogP contribution in [0.25, 0.3) is 0 Å². The molecule has 2 unspecified atom stereocenters. The summed E-state index contributed by atoms with van der Waals surface area (Å²) >= 11 is 9.68. The lowest BCUT2D eigenvalue weighted by molar-refractivity contribution is -0.130. The number of carbonyl (C=O) groups is 1. The van der Waals surface area contributed by atoms with Gasteiger partial charge in [-0.05, 0) is 37.6 Å². The zero-order valence-corrected chi connectivity index (χ0v) is 12.7. The highest BCUT2D eigenvalue weighted by Crippen LogP contribution is 2.38. The van der Waals surface area contributed by atoms with Crippen molar-refractivity contribution in [2.45, 2.75) is 38.4 Å². The van der Waals surface area contributed by atoms with Crippen LogP contribution in [-0.4, -0.2) is 22.9 Å². The van der Waals surface area contributed by atoms with Crippen LogP contribution in [0, 0.1) is 0 Å². The third-order valence-corrected chi connectivity index (χ3v) is 4.07. The van der Waals surface area contributed by atoms with Crippen LogP contribution >= 0.6 is 27.5 Å². The van der Waals surface area contributed by atoms with Crippen LogP contribution in [-0.2, 0) is 4.79 Å². The number of nitrogens with zero attached hydrogens (tertiary/aromatic N) is 1. The van der Waals surface area contributed by atoms with Crippen molar-refractivity contribution in [3.05, 3.63) is 33.3 Å². The minimum Gasteiger partial charge on any atom is -0.332 e. The molecule has 1 saturated heterocycles. The number of carbonyl (C=O) groups excluding carboxylic acids is 1. The second kappa shape index (κ2) is 5.19. The molecule has 1 aromatic carbocycles. The van der Waals surface area contributed by atoms with Gasteiger partial charge in [-0.1, -0.05) is 27.5 Å². The molecule has 1 aromatic rings. The Balaban J connectivity index is 2.46. The van der Waals surface area contributed by atoms with Gasteiger partial charge < -0.3 is 10.6 Å². The summed E-state index contributed by atoms with van der Waals surface area (Å²) in [5.74, 6) is 0.0959. The molecule has 0 bridgehead atoms. The van der Waals surface area contributed by atoms with Crippen molar-refractivity contribution in [3.63, 3.8) is 0 Å². The molecule has 1 fully saturated rings. The predicted molar refractivity (Wildman–Crippen MR) is 76.5 cm³/mol. The first-order chi connectivity index (χ1) is 8.41. The Morgan fingerprint density at radius 1 is 1.50 bits per heavy atom. The number of hydrogen-bond acceptors (Lipinski definition) is 2. The summed E-state index contributed by atoms with van der Waals surface area (Å²) < 4.78 is 0.942. The van der Waals surface area contributed by atoms with Gasteiger partial charge in [0.2, 0.25) is 5.91 Å². The molecule has 1 aliphatic rings. The van der Waals surface area contributed by atoms with E-state index in [1.54, 1.807) is 0 Å². The molecule has 1 heterocycles. The smallest absolute Gasteiger partial charge is 0.225 e. The van der Waals surface area contributed by atoms with Gasteiger partial charge in [-0.2, -0.15) is 0 Å². The quantitative estimate of drug-likeness (QED) is 0.905. The number of nitrogens with two attached hydrogens (primary N) is 1. The molecule has 0 radical (unpaired) electrons. The van der Waals surface area contributed by atoms with Gasteiger partial charge in [0, 0.05) is 28.0 Å². The van der Waals surface area contributed by atoms with Gasteiger partial charge in [0.1, 0.15) is 0 Å². The lowest BCUT2D eigenvalue weighted by atomic mass is 10.00. The van der Waals surface area contributed by atoms with E-state index in [1.165, 1.54) is 0 Å². The van der Waals surface area contributed by atoms with Crippen molar-refractivity contribution < 1.29 is 4.79 Å². The molecule has 3 nitrogen and oxygen atoms in total. The Hall–Kier alpha value is -0.580. The van der Waals surface area contributed by atoms with Crippen LogP contribution in [0.2, 0.25) is 5.02 Å². The number of halogens is 2. The summed E-state index contributed by atoms with van der Waals surface area (Å²) in [4.78, 5) is 13.8. The van der Waals surface area contributed by atoms with Crippen molar-refractivity contribution in [3.8, 4) is 0 Å². The average Bonchev–Trinajstić information content (AvgIpc) is 2.57. The maximum Gasteiger partial charge on any atom is 0.225 e. The lowest BCUT2D eigenvalue weighted by Crippen LogP contribution is -2.37. The van der Waals surface area contributed by atoms with E-state index in [0.29, 0.717) is 11.4 Å². The molecule has 1 amide bonds. The highest BCUT2D eigenvalue weighted by molar-refractivity contribution is 9.10. The second-order valence-corrected chi connectivity index (χ2v) is 6.20. The summed E-state index contributed by atoms with van der Waals surface area (Å²) in [7, 11) is 0. The van der Waals surface area contributed by atoms with E-state index < -0.39 is 0 Å². The Morgan fingerprint density at radius 2 is 2.17 bits per heavy atom. The van der Waals surface area contributed by atoms with E-state index in [4.69, 9.17) is 17.3 Å². The largest absolute Gasteiger partial charge is 0.332 e. The number of likely N-dealkylation sites (tertiary alicyclic amines) is 1. The van der Waals surface area contributed by atoms with Crippen LogP contribution in [0.15, 0.2) is 22.7 Å². The monoisotopic (exact) mass is 330 g/mol. The Labute approximate surface area is 120 Å². The van der Waals surface area contributed by atoms with Crippen molar-refractivity contribution in [1.82, 2.24) is 4.90 Å². The fourth-order valence-corrected chi connectivity index (χ4v) is 3.12. The Morgan fingerprint density at radius 3 is 2.78 bits per heavy atom. The first-order valence-corrected chi connectivity index (χ1v) is 7.10. The molecular weight excluding hydrogens is 316 g/mol. The third-order valence-electron chi connectivity index (χ3n) is 3.24. The molecule has 0 saturated carbocycles. The normalized spacial score (nSPS) is 24.1. The fourth-order valence-electron chi connectivity index (χ4n) is 2.51. The maximum atomic E-state index is 12.0. The van der Waals surface area contributed by atoms with Crippen LogP contribution in [0.1, 0.15) is 31.9 Å². The zero-order valence-electron chi connectivity index (χ0n) is 10.4. The van der Waals surface area contributed by atoms with E-state index >= 15 is 0 Å². The second-order valence-electron chi connectivity index (χ2n) is 4.87. The molecule has 1 aliphatic heterocycles. The number of hydrogen-bond donors (Lipinski definition) is 1. The standard InChI is InChI=1S/C13H16BrClN2O/c1-7(2)17-12(18)6-11(16)13(17)9-5-8(14)3-4-10(9)15/h3-5,7,11,13H,6,16H2,1-2H3. The summed E-state index contributed by atoms with van der Waals surface area (Å²) in [6, 6.07) is 5.43. The maximum absolute atomic E-state index is 12.0. The van der Waals surface area contributed by atoms with Crippen molar-refractivity contribution in [2.24, 2.45) is 5.73 Å². The van der Waals surface area contributed by atoms with Gasteiger partial charge in [-0.3, -0.25) is 4.79 Å². The fraction of sp³-hybridized carbons (Fsp3) is 0.462. The van der Waals surface area contributed by atoms with Gasteiger partial charge in [0.15, 0.2) is 0 Å². The van der Waals surface area contributed by atoms with Crippen LogP contribution in [0.5, 0.6) is 0 Å². The summed E-state index contributed by atoms with van der Waals surface area (Å²) in [6.45, 7) is 3.99. The van der Waals surface area contributed by atoms with Gasteiger partial charge in [-0.15, -0.1) is 0 Å². The Bertz CT molecular complexity index is 478. The van der Waals surface area contributed by atoms with Gasteiger partial charge in [0.05, 0.1) is 6.04 Å². The SMILES string of the molecule is CC(C)N1C(=O)CC(N)C1c1cc(Br)ccc1Cl. The summed E-state index contributed by atoms with van der Waals surface area (Å²) in [5, 5.41) is 0.652. The van der Waals surface area contributed by atoms with Crippen LogP contribution in [0.3, 0.4) is 0 Å². The third kappa shape index (κ3) is 2.42. The molecule has 0 aromatic heterocycles. The first-order valence-electron chi connectivity index (χ1n) is 5.93. The molecule has 98 valence electrons. The van der Waals surface area contributed by atoms with Gasteiger partial charge >= 0.3 is 0 Å². The van der Waals surface area contributed by atoms with Crippen molar-refractivity contribution in [2.75, 3.05) is 0 Å². The predicted octanol–water partition coefficient (Wildman–Crippen LogP) is 3.11. The van der Waals surface area contributed by atoms with Crippen LogP contribution in [0.4, 0.5) is 0 Å². The zero-order chi connectivity index (χ0) is 13.4. The van der Waals surface area contributed by atoms with Crippen molar-refractivity contribution in [1.29, 1.82) is 0 Å². The topological polar surface area (TPSA) is 46.3 Å². The minimum atomic E-state index is -0.202. The van der Waals surface area contributed by atoms with Gasteiger partial charge in [-0.25, -0.2) is 0 Å². The molecule has 2 N–H and O–H groups in total. The van der Waals surface area contributed by atoms with E-state index in [1.807, 2.05) is 36.9 Å². The highest BCUT2D eigenvalue weighted by Gasteiger charge is 2.40. The van der Waals surface area contributed by atoms with Crippen LogP contribution < -0.4 is 5.73 Å². The highest BCUT2D eigenvalue weighted by atomic mass is 79.9. The van der Waals surface area contributed by atoms with E-state index in [2.05, 4.69) is 15.9 Å². The van der Waals surface area contributed by atoms with E-state index in [0.717, 1.165) is 10.0 Å². The molecule has 0 spiro atoms. The molecule has 2 atom stereocenters. The first kappa shape index (κ1) is 13.8. The molecule has 0 aliphatic carbocycles. The molecule has 18 heavy (non-hydrogen) atoms. The summed E-state index contributed by atoms with van der Waals surface area (Å²) in [5.41, 5.74) is 7.03. The van der Waals surface area contributed by atoms with E-state index in [9.17, 15) is 4.79 Å². The molecule has 5 heteroatoms. The Kier molecular flexibility index (Phi) is 3.99. The number of benzene rings is 1. The minimum absolute atomic E-state index is 0.0959. The number of rotatable bonds is 2. The summed E-state index contributed by atoms with van der Waals surface area (Å²) in [6.07, 6.45) is 0.381. The lowest BCUT2D eigenvalue weighted by Gasteiger charge is -2.31. The number of amides is 1. The molecule has 2 rings (SSSR count).